The Kier molecular flexibility index (Phi) is 5.73. The zero-order valence-corrected chi connectivity index (χ0v) is 22.0. The van der Waals surface area contributed by atoms with E-state index in [0.717, 1.165) is 39.0 Å². The lowest BCUT2D eigenvalue weighted by molar-refractivity contribution is 0.0947. The van der Waals surface area contributed by atoms with Gasteiger partial charge in [0.15, 0.2) is 0 Å². The molecule has 5 rings (SSSR count). The second kappa shape index (κ2) is 8.50. The quantitative estimate of drug-likeness (QED) is 0.371. The molecule has 35 heavy (non-hydrogen) atoms. The Hall–Kier alpha value is -3.16. The summed E-state index contributed by atoms with van der Waals surface area (Å²) < 4.78 is 21.6. The van der Waals surface area contributed by atoms with Crippen LogP contribution in [0.2, 0.25) is 0 Å². The maximum Gasteiger partial charge on any atom is 0.274 e. The van der Waals surface area contributed by atoms with E-state index >= 15 is 0 Å². The third-order valence-electron chi connectivity index (χ3n) is 6.05. The van der Waals surface area contributed by atoms with Gasteiger partial charge in [-0.25, -0.2) is 0 Å². The van der Waals surface area contributed by atoms with E-state index in [1.54, 1.807) is 45.0 Å². The van der Waals surface area contributed by atoms with Gasteiger partial charge < -0.3 is 24.2 Å². The number of H-pyrrole nitrogens is 1. The molecular weight excluding hydrogens is 483 g/mol. The molecule has 182 valence electrons. The van der Waals surface area contributed by atoms with Crippen LogP contribution in [0, 0.1) is 13.8 Å². The Bertz CT molecular complexity index is 1570. The Morgan fingerprint density at radius 2 is 1.91 bits per heavy atom. The molecule has 4 aromatic heterocycles. The van der Waals surface area contributed by atoms with Crippen LogP contribution in [0.4, 0.5) is 0 Å². The summed E-state index contributed by atoms with van der Waals surface area (Å²) in [5, 5.41) is 3.58. The topological polar surface area (TPSA) is 106 Å². The van der Waals surface area contributed by atoms with Crippen LogP contribution in [0.15, 0.2) is 35.5 Å². The first-order valence-corrected chi connectivity index (χ1v) is 14.8. The predicted octanol–water partition coefficient (Wildman–Crippen LogP) is 4.54. The largest absolute Gasteiger partial charge is 0.455 e. The molecule has 0 spiro atoms. The summed E-state index contributed by atoms with van der Waals surface area (Å²) in [5.41, 5.74) is 2.95. The summed E-state index contributed by atoms with van der Waals surface area (Å²) in [6.07, 6.45) is 7.16. The first-order valence-electron chi connectivity index (χ1n) is 11.3. The zero-order valence-electron chi connectivity index (χ0n) is 20.3. The number of nitrogens with one attached hydrogen (secondary N) is 2. The summed E-state index contributed by atoms with van der Waals surface area (Å²) in [6, 6.07) is 3.74. The monoisotopic (exact) mass is 510 g/mol. The van der Waals surface area contributed by atoms with Crippen LogP contribution in [0.5, 0.6) is 11.5 Å². The van der Waals surface area contributed by atoms with Gasteiger partial charge in [-0.3, -0.25) is 14.6 Å². The first kappa shape index (κ1) is 23.6. The molecule has 10 heteroatoms. The number of amides is 1. The molecule has 1 aliphatic rings. The molecule has 1 aliphatic carbocycles. The molecule has 8 nitrogen and oxygen atoms in total. The van der Waals surface area contributed by atoms with Gasteiger partial charge in [0.05, 0.1) is 9.50 Å². The number of carbonyl (C=O) groups excluding carboxylic acids is 1. The average molecular weight is 511 g/mol. The van der Waals surface area contributed by atoms with Crippen LogP contribution in [0.3, 0.4) is 0 Å². The van der Waals surface area contributed by atoms with E-state index in [1.165, 1.54) is 15.9 Å². The van der Waals surface area contributed by atoms with Gasteiger partial charge in [-0.15, -0.1) is 11.3 Å². The summed E-state index contributed by atoms with van der Waals surface area (Å²) in [6.45, 7) is 7.30. The van der Waals surface area contributed by atoms with Crippen molar-refractivity contribution in [3.63, 3.8) is 0 Å². The number of hydrogen-bond donors (Lipinski definition) is 2. The smallest absolute Gasteiger partial charge is 0.274 e. The lowest BCUT2D eigenvalue weighted by atomic mass is 10.1. The summed E-state index contributed by atoms with van der Waals surface area (Å²) >= 11 is 1.38. The standard InChI is InChI=1S/C25H27N4O4PS/c1-13-10-26-11-14(2)22(13)33-19-9-20(34(4,5)32)35-23(19)17-12-29(3)25(31)21-16(17)8-18(28-21)24(30)27-15-6-7-15/h8-12,15,28H,6-7H2,1-5H3,(H,27,30). The van der Waals surface area contributed by atoms with Gasteiger partial charge >= 0.3 is 0 Å². The van der Waals surface area contributed by atoms with E-state index in [-0.39, 0.29) is 17.5 Å². The van der Waals surface area contributed by atoms with E-state index in [0.29, 0.717) is 28.1 Å². The zero-order chi connectivity index (χ0) is 25.1. The number of aryl methyl sites for hydroxylation is 3. The number of aromatic amines is 1. The highest BCUT2D eigenvalue weighted by Gasteiger charge is 2.27. The lowest BCUT2D eigenvalue weighted by Crippen LogP contribution is -2.25. The second-order valence-electron chi connectivity index (χ2n) is 9.51. The number of carbonyl (C=O) groups is 1. The van der Waals surface area contributed by atoms with Crippen LogP contribution in [0.25, 0.3) is 21.3 Å². The molecule has 4 heterocycles. The van der Waals surface area contributed by atoms with E-state index < -0.39 is 7.14 Å². The van der Waals surface area contributed by atoms with Gasteiger partial charge in [-0.1, -0.05) is 0 Å². The van der Waals surface area contributed by atoms with Crippen LogP contribution in [-0.4, -0.2) is 39.8 Å². The minimum atomic E-state index is -2.59. The Morgan fingerprint density at radius 1 is 1.23 bits per heavy atom. The van der Waals surface area contributed by atoms with Crippen molar-refractivity contribution in [1.82, 2.24) is 19.9 Å². The summed E-state index contributed by atoms with van der Waals surface area (Å²) in [4.78, 5) is 33.6. The molecule has 1 fully saturated rings. The normalized spacial score (nSPS) is 13.9. The molecule has 1 amide bonds. The Labute approximate surface area is 206 Å². The van der Waals surface area contributed by atoms with Gasteiger partial charge in [-0.05, 0) is 46.1 Å². The second-order valence-corrected chi connectivity index (χ2v) is 14.0. The fourth-order valence-electron chi connectivity index (χ4n) is 3.98. The van der Waals surface area contributed by atoms with Crippen LogP contribution in [-0.2, 0) is 11.6 Å². The van der Waals surface area contributed by atoms with Crippen molar-refractivity contribution in [2.75, 3.05) is 13.3 Å². The molecule has 2 N–H and O–H groups in total. The molecule has 0 radical (unpaired) electrons. The number of ether oxygens (including phenoxy) is 1. The van der Waals surface area contributed by atoms with Gasteiger partial charge in [0, 0.05) is 59.8 Å². The maximum atomic E-state index is 13.0. The number of pyridine rings is 2. The summed E-state index contributed by atoms with van der Waals surface area (Å²) in [5.74, 6) is 1.01. The number of rotatable bonds is 6. The molecule has 0 aromatic carbocycles. The van der Waals surface area contributed by atoms with Crippen LogP contribution < -0.4 is 20.2 Å². The highest BCUT2D eigenvalue weighted by Crippen LogP contribution is 2.47. The van der Waals surface area contributed by atoms with E-state index in [4.69, 9.17) is 4.74 Å². The van der Waals surface area contributed by atoms with Crippen molar-refractivity contribution in [2.45, 2.75) is 32.7 Å². The molecule has 1 saturated carbocycles. The minimum absolute atomic E-state index is 0.200. The number of fused-ring (bicyclic) bond motifs is 1. The predicted molar refractivity (Wildman–Crippen MR) is 140 cm³/mol. The fourth-order valence-corrected chi connectivity index (χ4v) is 6.41. The molecule has 4 aromatic rings. The van der Waals surface area contributed by atoms with Crippen LogP contribution in [0.1, 0.15) is 34.5 Å². The third-order valence-corrected chi connectivity index (χ3v) is 9.78. The first-order chi connectivity index (χ1) is 16.5. The van der Waals surface area contributed by atoms with Gasteiger partial charge in [0.1, 0.15) is 29.9 Å². The number of thiophene rings is 1. The van der Waals surface area contributed by atoms with E-state index in [9.17, 15) is 14.2 Å². The highest BCUT2D eigenvalue weighted by atomic mass is 32.1. The molecule has 0 atom stereocenters. The molecular formula is C25H27N4O4PS. The van der Waals surface area contributed by atoms with Crippen molar-refractivity contribution in [3.05, 3.63) is 57.9 Å². The number of nitrogens with zero attached hydrogens (tertiary/aromatic N) is 2. The number of aromatic nitrogens is 3. The Balaban J connectivity index is 1.71. The van der Waals surface area contributed by atoms with E-state index in [2.05, 4.69) is 15.3 Å². The molecule has 0 unspecified atom stereocenters. The summed E-state index contributed by atoms with van der Waals surface area (Å²) in [7, 11) is -0.915. The highest BCUT2D eigenvalue weighted by molar-refractivity contribution is 7.75. The maximum absolute atomic E-state index is 13.0. The number of hydrogen-bond acceptors (Lipinski definition) is 6. The van der Waals surface area contributed by atoms with Gasteiger partial charge in [0.2, 0.25) is 0 Å². The van der Waals surface area contributed by atoms with Gasteiger partial charge in [0.25, 0.3) is 11.5 Å². The van der Waals surface area contributed by atoms with Crippen molar-refractivity contribution in [3.8, 4) is 21.9 Å². The van der Waals surface area contributed by atoms with Crippen LogP contribution >= 0.6 is 18.5 Å². The van der Waals surface area contributed by atoms with Crippen molar-refractivity contribution < 1.29 is 14.1 Å². The lowest BCUT2D eigenvalue weighted by Gasteiger charge is -2.12. The molecule has 0 aliphatic heterocycles. The third kappa shape index (κ3) is 4.46. The SMILES string of the molecule is Cc1cncc(C)c1Oc1cc(P(C)(C)=O)sc1-c1cn(C)c(=O)c2[nH]c(C(=O)NC3CC3)cc12. The minimum Gasteiger partial charge on any atom is -0.455 e. The fraction of sp³-hybridized carbons (Fsp3) is 0.320. The molecule has 0 saturated heterocycles. The average Bonchev–Trinajstić information content (AvgIpc) is 3.31. The Morgan fingerprint density at radius 3 is 2.54 bits per heavy atom. The van der Waals surface area contributed by atoms with Crippen molar-refractivity contribution in [1.29, 1.82) is 0 Å². The van der Waals surface area contributed by atoms with E-state index in [1.807, 2.05) is 19.9 Å². The molecule has 0 bridgehead atoms. The van der Waals surface area contributed by atoms with Crippen molar-refractivity contribution in [2.24, 2.45) is 7.05 Å². The van der Waals surface area contributed by atoms with Gasteiger partial charge in [-0.2, -0.15) is 0 Å². The van der Waals surface area contributed by atoms with Crippen molar-refractivity contribution >= 4 is 39.9 Å².